The first-order valence-electron chi connectivity index (χ1n) is 7.77. The van der Waals surface area contributed by atoms with Crippen LogP contribution in [0.4, 0.5) is 0 Å². The van der Waals surface area contributed by atoms with Crippen LogP contribution < -0.4 is 0 Å². The van der Waals surface area contributed by atoms with Gasteiger partial charge in [0.05, 0.1) is 11.7 Å². The second-order valence-electron chi connectivity index (χ2n) is 6.01. The summed E-state index contributed by atoms with van der Waals surface area (Å²) in [6.45, 7) is 0. The zero-order valence-electron chi connectivity index (χ0n) is 12.5. The number of carbonyl (C=O) groups is 1. The fourth-order valence-electron chi connectivity index (χ4n) is 3.59. The number of benzene rings is 1. The van der Waals surface area contributed by atoms with Gasteiger partial charge < -0.3 is 4.90 Å². The fourth-order valence-corrected chi connectivity index (χ4v) is 3.71. The number of amides is 1. The smallest absolute Gasteiger partial charge is 0.247 e. The van der Waals surface area contributed by atoms with Gasteiger partial charge in [0, 0.05) is 35.3 Å². The zero-order chi connectivity index (χ0) is 15.8. The van der Waals surface area contributed by atoms with E-state index in [0.29, 0.717) is 5.02 Å². The third-order valence-electron chi connectivity index (χ3n) is 4.66. The van der Waals surface area contributed by atoms with E-state index in [0.717, 1.165) is 36.1 Å². The van der Waals surface area contributed by atoms with E-state index in [1.807, 2.05) is 41.4 Å². The molecule has 4 rings (SSSR count). The minimum atomic E-state index is 0.0574. The van der Waals surface area contributed by atoms with Crippen LogP contribution in [-0.2, 0) is 11.2 Å². The van der Waals surface area contributed by atoms with Gasteiger partial charge in [0.2, 0.25) is 5.91 Å². The van der Waals surface area contributed by atoms with Gasteiger partial charge in [-0.3, -0.25) is 4.79 Å². The highest BCUT2D eigenvalue weighted by molar-refractivity contribution is 6.30. The first kappa shape index (κ1) is 14.4. The van der Waals surface area contributed by atoms with Gasteiger partial charge in [-0.1, -0.05) is 23.7 Å². The molecule has 3 heterocycles. The predicted molar refractivity (Wildman–Crippen MR) is 88.8 cm³/mol. The average Bonchev–Trinajstić information content (AvgIpc) is 2.89. The molecule has 2 aliphatic rings. The van der Waals surface area contributed by atoms with E-state index in [1.54, 1.807) is 12.4 Å². The predicted octanol–water partition coefficient (Wildman–Crippen LogP) is 3.43. The Morgan fingerprint density at radius 2 is 2.09 bits per heavy atom. The van der Waals surface area contributed by atoms with Crippen LogP contribution in [-0.4, -0.2) is 26.8 Å². The van der Waals surface area contributed by atoms with Crippen molar-refractivity contribution in [3.63, 3.8) is 0 Å². The minimum absolute atomic E-state index is 0.0574. The van der Waals surface area contributed by atoms with E-state index in [-0.39, 0.29) is 18.0 Å². The minimum Gasteiger partial charge on any atom is -0.329 e. The van der Waals surface area contributed by atoms with Crippen molar-refractivity contribution in [2.24, 2.45) is 0 Å². The van der Waals surface area contributed by atoms with Crippen molar-refractivity contribution < 1.29 is 4.79 Å². The first-order valence-corrected chi connectivity index (χ1v) is 8.15. The highest BCUT2D eigenvalue weighted by atomic mass is 35.5. The van der Waals surface area contributed by atoms with Crippen LogP contribution in [0.1, 0.15) is 35.7 Å². The summed E-state index contributed by atoms with van der Waals surface area (Å²) in [5, 5.41) is 0.694. The Kier molecular flexibility index (Phi) is 3.62. The van der Waals surface area contributed by atoms with Crippen molar-refractivity contribution in [1.82, 2.24) is 14.9 Å². The van der Waals surface area contributed by atoms with Crippen LogP contribution in [0.3, 0.4) is 0 Å². The normalized spacial score (nSPS) is 22.4. The molecule has 2 unspecified atom stereocenters. The second-order valence-corrected chi connectivity index (χ2v) is 6.44. The first-order chi connectivity index (χ1) is 11.2. The lowest BCUT2D eigenvalue weighted by atomic mass is 9.99. The van der Waals surface area contributed by atoms with Crippen molar-refractivity contribution >= 4 is 23.6 Å². The average molecular weight is 326 g/mol. The molecule has 1 amide bonds. The van der Waals surface area contributed by atoms with Gasteiger partial charge in [-0.05, 0) is 36.6 Å². The van der Waals surface area contributed by atoms with Crippen LogP contribution >= 0.6 is 11.6 Å². The topological polar surface area (TPSA) is 46.1 Å². The molecule has 2 aliphatic heterocycles. The van der Waals surface area contributed by atoms with Crippen molar-refractivity contribution in [3.05, 3.63) is 64.7 Å². The van der Waals surface area contributed by atoms with Crippen LogP contribution in [0.5, 0.6) is 0 Å². The summed E-state index contributed by atoms with van der Waals surface area (Å²) in [4.78, 5) is 23.2. The summed E-state index contributed by atoms with van der Waals surface area (Å²) in [7, 11) is 0. The Hall–Kier alpha value is -2.20. The van der Waals surface area contributed by atoms with E-state index in [4.69, 9.17) is 11.6 Å². The second kappa shape index (κ2) is 5.78. The molecule has 1 saturated heterocycles. The fraction of sp³-hybridized carbons (Fsp3) is 0.278. The molecular formula is C18H16ClN3O. The number of rotatable bonds is 2. The van der Waals surface area contributed by atoms with Crippen LogP contribution in [0, 0.1) is 0 Å². The van der Waals surface area contributed by atoms with Crippen molar-refractivity contribution in [3.8, 4) is 0 Å². The molecule has 2 aromatic rings. The summed E-state index contributed by atoms with van der Waals surface area (Å²) in [6.07, 6.45) is 9.80. The molecule has 4 nitrogen and oxygen atoms in total. The van der Waals surface area contributed by atoms with Gasteiger partial charge in [0.25, 0.3) is 0 Å². The summed E-state index contributed by atoms with van der Waals surface area (Å²) in [5.74, 6) is 0.0574. The lowest BCUT2D eigenvalue weighted by molar-refractivity contribution is -0.129. The van der Waals surface area contributed by atoms with E-state index in [1.165, 1.54) is 0 Å². The van der Waals surface area contributed by atoms with Gasteiger partial charge in [-0.2, -0.15) is 0 Å². The van der Waals surface area contributed by atoms with E-state index < -0.39 is 0 Å². The summed E-state index contributed by atoms with van der Waals surface area (Å²) >= 11 is 5.88. The molecule has 0 saturated carbocycles. The summed E-state index contributed by atoms with van der Waals surface area (Å²) in [5.41, 5.74) is 3.17. The number of hydrogen-bond donors (Lipinski definition) is 0. The lowest BCUT2D eigenvalue weighted by Crippen LogP contribution is -2.41. The molecule has 0 aliphatic carbocycles. The zero-order valence-corrected chi connectivity index (χ0v) is 13.3. The third kappa shape index (κ3) is 2.63. The Morgan fingerprint density at radius 3 is 2.91 bits per heavy atom. The summed E-state index contributed by atoms with van der Waals surface area (Å²) < 4.78 is 0. The van der Waals surface area contributed by atoms with Crippen LogP contribution in [0.15, 0.2) is 42.9 Å². The molecule has 0 N–H and O–H groups in total. The highest BCUT2D eigenvalue weighted by Gasteiger charge is 2.42. The third-order valence-corrected chi connectivity index (χ3v) is 4.91. The SMILES string of the molecule is O=C(/C=C/c1ccc(Cl)cc1)N1C2CCC1c1cncnc1C2. The van der Waals surface area contributed by atoms with Gasteiger partial charge >= 0.3 is 0 Å². The van der Waals surface area contributed by atoms with Gasteiger partial charge in [-0.25, -0.2) is 9.97 Å². The number of aromatic nitrogens is 2. The van der Waals surface area contributed by atoms with Crippen LogP contribution in [0.2, 0.25) is 5.02 Å². The van der Waals surface area contributed by atoms with Gasteiger partial charge in [-0.15, -0.1) is 0 Å². The molecule has 0 radical (unpaired) electrons. The molecule has 1 fully saturated rings. The number of carbonyl (C=O) groups excluding carboxylic acids is 1. The monoisotopic (exact) mass is 325 g/mol. The molecule has 2 atom stereocenters. The van der Waals surface area contributed by atoms with Gasteiger partial charge in [0.15, 0.2) is 0 Å². The molecule has 23 heavy (non-hydrogen) atoms. The number of hydrogen-bond acceptors (Lipinski definition) is 3. The van der Waals surface area contributed by atoms with E-state index in [2.05, 4.69) is 9.97 Å². The highest BCUT2D eigenvalue weighted by Crippen LogP contribution is 2.42. The lowest BCUT2D eigenvalue weighted by Gasteiger charge is -2.34. The molecule has 5 heteroatoms. The number of fused-ring (bicyclic) bond motifs is 4. The molecule has 0 spiro atoms. The Labute approximate surface area is 139 Å². The largest absolute Gasteiger partial charge is 0.329 e. The van der Waals surface area contributed by atoms with Crippen molar-refractivity contribution in [2.75, 3.05) is 0 Å². The Bertz CT molecular complexity index is 772. The molecule has 1 aromatic carbocycles. The maximum absolute atomic E-state index is 12.7. The van der Waals surface area contributed by atoms with Gasteiger partial charge in [0.1, 0.15) is 6.33 Å². The van der Waals surface area contributed by atoms with Crippen LogP contribution in [0.25, 0.3) is 6.08 Å². The maximum atomic E-state index is 12.7. The van der Waals surface area contributed by atoms with E-state index >= 15 is 0 Å². The van der Waals surface area contributed by atoms with Crippen molar-refractivity contribution in [1.29, 1.82) is 0 Å². The number of nitrogens with zero attached hydrogens (tertiary/aromatic N) is 3. The number of halogens is 1. The molecule has 2 bridgehead atoms. The maximum Gasteiger partial charge on any atom is 0.247 e. The standard InChI is InChI=1S/C18H16ClN3O/c19-13-4-1-12(2-5-13)3-8-18(23)22-14-6-7-17(22)15-10-20-11-21-16(15)9-14/h1-5,8,10-11,14,17H,6-7,9H2/b8-3+. The molecule has 116 valence electrons. The van der Waals surface area contributed by atoms with E-state index in [9.17, 15) is 4.79 Å². The molecule has 1 aromatic heterocycles. The Morgan fingerprint density at radius 1 is 1.26 bits per heavy atom. The van der Waals surface area contributed by atoms with Crippen molar-refractivity contribution in [2.45, 2.75) is 31.3 Å². The Balaban J connectivity index is 1.57. The quantitative estimate of drug-likeness (QED) is 0.795. The summed E-state index contributed by atoms with van der Waals surface area (Å²) in [6, 6.07) is 7.82. The molecular weight excluding hydrogens is 310 g/mol.